The molecule has 0 saturated carbocycles. The highest BCUT2D eigenvalue weighted by Crippen LogP contribution is 2.28. The van der Waals surface area contributed by atoms with Gasteiger partial charge in [0.15, 0.2) is 0 Å². The third-order valence-electron chi connectivity index (χ3n) is 3.52. The Kier molecular flexibility index (Phi) is 3.86. The van der Waals surface area contributed by atoms with Crippen molar-refractivity contribution in [3.63, 3.8) is 0 Å². The van der Waals surface area contributed by atoms with Crippen molar-refractivity contribution < 1.29 is 9.13 Å². The van der Waals surface area contributed by atoms with E-state index < -0.39 is 6.04 Å². The van der Waals surface area contributed by atoms with Crippen LogP contribution in [0.5, 0.6) is 5.75 Å². The predicted octanol–water partition coefficient (Wildman–Crippen LogP) is 3.50. The van der Waals surface area contributed by atoms with Crippen molar-refractivity contribution in [3.8, 4) is 5.75 Å². The van der Waals surface area contributed by atoms with Gasteiger partial charge in [0.1, 0.15) is 11.6 Å². The minimum Gasteiger partial charge on any atom is -0.497 e. The molecule has 2 aromatic carbocycles. The summed E-state index contributed by atoms with van der Waals surface area (Å²) in [6.45, 7) is 4.03. The lowest BCUT2D eigenvalue weighted by Crippen LogP contribution is -2.15. The molecule has 1 unspecified atom stereocenters. The molecule has 19 heavy (non-hydrogen) atoms. The molecule has 2 rings (SSSR count). The first kappa shape index (κ1) is 13.6. The Hall–Kier alpha value is -1.87. The maximum absolute atomic E-state index is 14.0. The Morgan fingerprint density at radius 3 is 2.47 bits per heavy atom. The van der Waals surface area contributed by atoms with Gasteiger partial charge in [-0.25, -0.2) is 4.39 Å². The highest BCUT2D eigenvalue weighted by molar-refractivity contribution is 5.42. The van der Waals surface area contributed by atoms with Crippen LogP contribution in [-0.4, -0.2) is 7.11 Å². The number of nitrogens with two attached hydrogens (primary N) is 1. The van der Waals surface area contributed by atoms with Gasteiger partial charge in [0.2, 0.25) is 0 Å². The van der Waals surface area contributed by atoms with Crippen molar-refractivity contribution in [2.75, 3.05) is 7.11 Å². The van der Waals surface area contributed by atoms with Crippen molar-refractivity contribution in [2.24, 2.45) is 5.73 Å². The van der Waals surface area contributed by atoms with E-state index in [1.54, 1.807) is 12.1 Å². The second kappa shape index (κ2) is 5.41. The molecule has 2 N–H and O–H groups in total. The number of rotatable bonds is 3. The van der Waals surface area contributed by atoms with Crippen molar-refractivity contribution in [2.45, 2.75) is 19.9 Å². The van der Waals surface area contributed by atoms with Gasteiger partial charge in [0.25, 0.3) is 0 Å². The topological polar surface area (TPSA) is 35.2 Å². The van der Waals surface area contributed by atoms with Crippen molar-refractivity contribution in [3.05, 3.63) is 64.5 Å². The molecule has 0 aliphatic heterocycles. The highest BCUT2D eigenvalue weighted by Gasteiger charge is 2.16. The first-order valence-electron chi connectivity index (χ1n) is 6.19. The van der Waals surface area contributed by atoms with Crippen LogP contribution in [0.15, 0.2) is 36.4 Å². The summed E-state index contributed by atoms with van der Waals surface area (Å²) in [5.74, 6) is 0.155. The van der Waals surface area contributed by atoms with Crippen LogP contribution >= 0.6 is 0 Å². The van der Waals surface area contributed by atoms with Crippen LogP contribution in [0.2, 0.25) is 0 Å². The maximum Gasteiger partial charge on any atom is 0.132 e. The van der Waals surface area contributed by atoms with E-state index in [1.165, 1.54) is 13.2 Å². The standard InChI is InChI=1S/C16H18FNO/c1-10-5-4-6-13(11(10)2)16(18)14-8-7-12(19-3)9-15(14)17/h4-9,16H,18H2,1-3H3. The zero-order valence-electron chi connectivity index (χ0n) is 11.4. The summed E-state index contributed by atoms with van der Waals surface area (Å²) in [6.07, 6.45) is 0. The lowest BCUT2D eigenvalue weighted by Gasteiger charge is -2.17. The quantitative estimate of drug-likeness (QED) is 0.915. The first-order valence-corrected chi connectivity index (χ1v) is 6.19. The zero-order chi connectivity index (χ0) is 14.0. The van der Waals surface area contributed by atoms with Crippen LogP contribution in [-0.2, 0) is 0 Å². The van der Waals surface area contributed by atoms with Crippen LogP contribution in [0.1, 0.15) is 28.3 Å². The highest BCUT2D eigenvalue weighted by atomic mass is 19.1. The van der Waals surface area contributed by atoms with Crippen LogP contribution in [0.3, 0.4) is 0 Å². The van der Waals surface area contributed by atoms with Crippen LogP contribution in [0.4, 0.5) is 4.39 Å². The first-order chi connectivity index (χ1) is 9.04. The van der Waals surface area contributed by atoms with Crippen molar-refractivity contribution in [1.29, 1.82) is 0 Å². The second-order valence-corrected chi connectivity index (χ2v) is 4.65. The number of methoxy groups -OCH3 is 1. The number of benzene rings is 2. The summed E-state index contributed by atoms with van der Waals surface area (Å²) >= 11 is 0. The summed E-state index contributed by atoms with van der Waals surface area (Å²) in [7, 11) is 1.51. The van der Waals surface area contributed by atoms with E-state index in [2.05, 4.69) is 0 Å². The van der Waals surface area contributed by atoms with Crippen molar-refractivity contribution >= 4 is 0 Å². The molecule has 2 nitrogen and oxygen atoms in total. The molecule has 1 atom stereocenters. The number of ether oxygens (including phenoxy) is 1. The average Bonchev–Trinajstić information content (AvgIpc) is 2.41. The molecule has 3 heteroatoms. The number of aryl methyl sites for hydroxylation is 1. The third kappa shape index (κ3) is 2.61. The predicted molar refractivity (Wildman–Crippen MR) is 74.9 cm³/mol. The Balaban J connectivity index is 2.44. The summed E-state index contributed by atoms with van der Waals surface area (Å²) < 4.78 is 19.0. The van der Waals surface area contributed by atoms with Gasteiger partial charge in [-0.1, -0.05) is 24.3 Å². The molecule has 0 bridgehead atoms. The van der Waals surface area contributed by atoms with Gasteiger partial charge in [-0.15, -0.1) is 0 Å². The SMILES string of the molecule is COc1ccc(C(N)c2cccc(C)c2C)c(F)c1. The number of hydrogen-bond acceptors (Lipinski definition) is 2. The molecule has 0 amide bonds. The van der Waals surface area contributed by atoms with E-state index in [1.807, 2.05) is 32.0 Å². The zero-order valence-corrected chi connectivity index (χ0v) is 11.4. The fraction of sp³-hybridized carbons (Fsp3) is 0.250. The molecule has 0 aliphatic carbocycles. The molecule has 0 fully saturated rings. The molecule has 2 aromatic rings. The van der Waals surface area contributed by atoms with E-state index in [0.29, 0.717) is 11.3 Å². The Morgan fingerprint density at radius 2 is 1.84 bits per heavy atom. The van der Waals surface area contributed by atoms with E-state index in [0.717, 1.165) is 16.7 Å². The van der Waals surface area contributed by atoms with Gasteiger partial charge < -0.3 is 10.5 Å². The minimum absolute atomic E-state index is 0.340. The molecule has 0 aliphatic rings. The van der Waals surface area contributed by atoms with Crippen molar-refractivity contribution in [1.82, 2.24) is 0 Å². The monoisotopic (exact) mass is 259 g/mol. The van der Waals surface area contributed by atoms with Gasteiger partial charge in [-0.2, -0.15) is 0 Å². The molecular weight excluding hydrogens is 241 g/mol. The molecule has 0 radical (unpaired) electrons. The van der Waals surface area contributed by atoms with Gasteiger partial charge in [0, 0.05) is 11.6 Å². The van der Waals surface area contributed by atoms with Gasteiger partial charge in [-0.05, 0) is 36.6 Å². The maximum atomic E-state index is 14.0. The molecule has 0 saturated heterocycles. The summed E-state index contributed by atoms with van der Waals surface area (Å²) in [5, 5.41) is 0. The molecule has 0 spiro atoms. The van der Waals surface area contributed by atoms with E-state index >= 15 is 0 Å². The Bertz CT molecular complexity index is 595. The number of hydrogen-bond donors (Lipinski definition) is 1. The Labute approximate surface area is 113 Å². The smallest absolute Gasteiger partial charge is 0.132 e. The molecular formula is C16H18FNO. The van der Waals surface area contributed by atoms with E-state index in [4.69, 9.17) is 10.5 Å². The summed E-state index contributed by atoms with van der Waals surface area (Å²) in [6, 6.07) is 10.2. The second-order valence-electron chi connectivity index (χ2n) is 4.65. The lowest BCUT2D eigenvalue weighted by atomic mass is 9.93. The van der Waals surface area contributed by atoms with Gasteiger partial charge in [0.05, 0.1) is 13.2 Å². The summed E-state index contributed by atoms with van der Waals surface area (Å²) in [5.41, 5.74) is 9.88. The Morgan fingerprint density at radius 1 is 1.11 bits per heavy atom. The van der Waals surface area contributed by atoms with Crippen LogP contribution in [0, 0.1) is 19.7 Å². The summed E-state index contributed by atoms with van der Waals surface area (Å²) in [4.78, 5) is 0. The van der Waals surface area contributed by atoms with Crippen LogP contribution < -0.4 is 10.5 Å². The molecule has 0 aromatic heterocycles. The molecule has 100 valence electrons. The van der Waals surface area contributed by atoms with Gasteiger partial charge >= 0.3 is 0 Å². The lowest BCUT2D eigenvalue weighted by molar-refractivity contribution is 0.410. The fourth-order valence-corrected chi connectivity index (χ4v) is 2.17. The van der Waals surface area contributed by atoms with E-state index in [-0.39, 0.29) is 5.82 Å². The number of halogens is 1. The molecule has 0 heterocycles. The fourth-order valence-electron chi connectivity index (χ4n) is 2.17. The normalized spacial score (nSPS) is 12.3. The average molecular weight is 259 g/mol. The largest absolute Gasteiger partial charge is 0.497 e. The minimum atomic E-state index is -0.467. The van der Waals surface area contributed by atoms with Gasteiger partial charge in [-0.3, -0.25) is 0 Å². The van der Waals surface area contributed by atoms with Crippen LogP contribution in [0.25, 0.3) is 0 Å². The van der Waals surface area contributed by atoms with E-state index in [9.17, 15) is 4.39 Å². The third-order valence-corrected chi connectivity index (χ3v) is 3.52.